The monoisotopic (exact) mass is 249 g/mol. The number of esters is 1. The number of hydrogen-bond acceptors (Lipinski definition) is 4. The molecule has 3 nitrogen and oxygen atoms in total. The summed E-state index contributed by atoms with van der Waals surface area (Å²) in [7, 11) is 1.27. The summed E-state index contributed by atoms with van der Waals surface area (Å²) in [4.78, 5) is 13.4. The van der Waals surface area contributed by atoms with E-state index in [1.807, 2.05) is 18.2 Å². The van der Waals surface area contributed by atoms with Gasteiger partial charge < -0.3 is 4.74 Å². The van der Waals surface area contributed by atoms with E-state index in [9.17, 15) is 4.79 Å². The van der Waals surface area contributed by atoms with E-state index in [0.717, 1.165) is 24.1 Å². The van der Waals surface area contributed by atoms with E-state index in [1.165, 1.54) is 12.0 Å². The maximum Gasteiger partial charge on any atom is 0.348 e. The minimum Gasteiger partial charge on any atom is -0.465 e. The third kappa shape index (κ3) is 4.04. The van der Waals surface area contributed by atoms with Crippen LogP contribution in [0.3, 0.4) is 0 Å². The van der Waals surface area contributed by atoms with Crippen LogP contribution in [0.25, 0.3) is 6.08 Å². The molecule has 0 aromatic carbocycles. The number of nitrogens with zero attached hydrogens (tertiary/aromatic N) is 1. The highest BCUT2D eigenvalue weighted by Gasteiger charge is 2.09. The summed E-state index contributed by atoms with van der Waals surface area (Å²) in [5, 5.41) is 8.82. The smallest absolute Gasteiger partial charge is 0.348 e. The standard InChI is InChI=1S/C13H15NO2S/c1-3-4-5-11-6-7-12(17-11)8-10(9-14)13(15)16-2/h6-8H,3-5H2,1-2H3. The number of nitriles is 1. The number of carbonyl (C=O) groups is 1. The van der Waals surface area contributed by atoms with Gasteiger partial charge in [0.15, 0.2) is 0 Å². The Hall–Kier alpha value is -1.60. The Morgan fingerprint density at radius 1 is 1.59 bits per heavy atom. The molecule has 0 radical (unpaired) electrons. The second kappa shape index (κ2) is 6.87. The van der Waals surface area contributed by atoms with Gasteiger partial charge in [0.2, 0.25) is 0 Å². The summed E-state index contributed by atoms with van der Waals surface area (Å²) >= 11 is 1.61. The average Bonchev–Trinajstić information content (AvgIpc) is 2.80. The van der Waals surface area contributed by atoms with E-state index < -0.39 is 5.97 Å². The zero-order chi connectivity index (χ0) is 12.7. The Morgan fingerprint density at radius 3 is 2.94 bits per heavy atom. The van der Waals surface area contributed by atoms with E-state index in [4.69, 9.17) is 5.26 Å². The summed E-state index contributed by atoms with van der Waals surface area (Å²) in [6.07, 6.45) is 4.95. The van der Waals surface area contributed by atoms with Gasteiger partial charge in [-0.15, -0.1) is 11.3 Å². The largest absolute Gasteiger partial charge is 0.465 e. The summed E-state index contributed by atoms with van der Waals surface area (Å²) < 4.78 is 4.52. The lowest BCUT2D eigenvalue weighted by Crippen LogP contribution is -2.02. The van der Waals surface area contributed by atoms with Crippen LogP contribution in [0.5, 0.6) is 0 Å². The first-order valence-electron chi connectivity index (χ1n) is 5.50. The quantitative estimate of drug-likeness (QED) is 0.457. The number of ether oxygens (including phenoxy) is 1. The van der Waals surface area contributed by atoms with Crippen LogP contribution in [-0.4, -0.2) is 13.1 Å². The molecule has 1 aromatic heterocycles. The fraction of sp³-hybridized carbons (Fsp3) is 0.385. The molecule has 1 aromatic rings. The fourth-order valence-electron chi connectivity index (χ4n) is 1.35. The summed E-state index contributed by atoms with van der Waals surface area (Å²) in [5.74, 6) is -0.587. The predicted octanol–water partition coefficient (Wildman–Crippen LogP) is 3.17. The maximum absolute atomic E-state index is 11.2. The van der Waals surface area contributed by atoms with Crippen molar-refractivity contribution >= 4 is 23.4 Å². The molecule has 0 N–H and O–H groups in total. The molecular weight excluding hydrogens is 234 g/mol. The highest BCUT2D eigenvalue weighted by molar-refractivity contribution is 7.12. The van der Waals surface area contributed by atoms with Gasteiger partial charge in [-0.05, 0) is 31.1 Å². The van der Waals surface area contributed by atoms with Crippen molar-refractivity contribution in [2.24, 2.45) is 0 Å². The summed E-state index contributed by atoms with van der Waals surface area (Å²) in [5.41, 5.74) is 0.0383. The predicted molar refractivity (Wildman–Crippen MR) is 68.5 cm³/mol. The van der Waals surface area contributed by atoms with Crippen molar-refractivity contribution in [2.45, 2.75) is 26.2 Å². The maximum atomic E-state index is 11.2. The number of thiophene rings is 1. The van der Waals surface area contributed by atoms with Crippen molar-refractivity contribution < 1.29 is 9.53 Å². The Labute approximate surface area is 105 Å². The number of rotatable bonds is 5. The van der Waals surface area contributed by atoms with Crippen LogP contribution in [0, 0.1) is 11.3 Å². The van der Waals surface area contributed by atoms with Gasteiger partial charge in [0.05, 0.1) is 7.11 Å². The van der Waals surface area contributed by atoms with E-state index in [0.29, 0.717) is 0 Å². The lowest BCUT2D eigenvalue weighted by atomic mass is 10.2. The molecule has 0 bridgehead atoms. The molecular formula is C13H15NO2S. The molecule has 0 amide bonds. The molecule has 90 valence electrons. The van der Waals surface area contributed by atoms with Gasteiger partial charge in [0.1, 0.15) is 11.6 Å². The van der Waals surface area contributed by atoms with E-state index in [2.05, 4.69) is 11.7 Å². The lowest BCUT2D eigenvalue weighted by Gasteiger charge is -1.94. The molecule has 0 aliphatic carbocycles. The first-order valence-corrected chi connectivity index (χ1v) is 6.31. The van der Waals surface area contributed by atoms with Crippen molar-refractivity contribution in [3.8, 4) is 6.07 Å². The van der Waals surface area contributed by atoms with Crippen LogP contribution in [0.1, 0.15) is 29.5 Å². The molecule has 0 unspecified atom stereocenters. The van der Waals surface area contributed by atoms with Gasteiger partial charge in [-0.3, -0.25) is 0 Å². The molecule has 0 atom stereocenters. The zero-order valence-electron chi connectivity index (χ0n) is 10.0. The summed E-state index contributed by atoms with van der Waals surface area (Å²) in [6, 6.07) is 5.81. The fourth-order valence-corrected chi connectivity index (χ4v) is 2.34. The second-order valence-corrected chi connectivity index (χ2v) is 4.77. The topological polar surface area (TPSA) is 50.1 Å². The van der Waals surface area contributed by atoms with Gasteiger partial charge in [-0.1, -0.05) is 13.3 Å². The molecule has 17 heavy (non-hydrogen) atoms. The normalized spacial score (nSPS) is 11.0. The van der Waals surface area contributed by atoms with Crippen LogP contribution in [0.15, 0.2) is 17.7 Å². The SMILES string of the molecule is CCCCc1ccc(C=C(C#N)C(=O)OC)s1. The average molecular weight is 249 g/mol. The van der Waals surface area contributed by atoms with Crippen molar-refractivity contribution in [3.05, 3.63) is 27.5 Å². The van der Waals surface area contributed by atoms with Crippen LogP contribution in [-0.2, 0) is 16.0 Å². The second-order valence-electron chi connectivity index (χ2n) is 3.57. The van der Waals surface area contributed by atoms with Crippen molar-refractivity contribution in [1.82, 2.24) is 0 Å². The van der Waals surface area contributed by atoms with Gasteiger partial charge in [-0.25, -0.2) is 4.79 Å². The van der Waals surface area contributed by atoms with E-state index in [-0.39, 0.29) is 5.57 Å². The third-order valence-corrected chi connectivity index (χ3v) is 3.36. The van der Waals surface area contributed by atoms with Crippen molar-refractivity contribution in [3.63, 3.8) is 0 Å². The number of hydrogen-bond donors (Lipinski definition) is 0. The minimum absolute atomic E-state index is 0.0383. The van der Waals surface area contributed by atoms with Crippen LogP contribution >= 0.6 is 11.3 Å². The van der Waals surface area contributed by atoms with Crippen molar-refractivity contribution in [2.75, 3.05) is 7.11 Å². The molecule has 0 spiro atoms. The number of methoxy groups -OCH3 is 1. The van der Waals surface area contributed by atoms with Crippen LogP contribution in [0.4, 0.5) is 0 Å². The molecule has 0 fully saturated rings. The zero-order valence-corrected chi connectivity index (χ0v) is 10.8. The third-order valence-electron chi connectivity index (χ3n) is 2.27. The van der Waals surface area contributed by atoms with Gasteiger partial charge >= 0.3 is 5.97 Å². The number of aryl methyl sites for hydroxylation is 1. The van der Waals surface area contributed by atoms with Crippen molar-refractivity contribution in [1.29, 1.82) is 5.26 Å². The molecule has 4 heteroatoms. The van der Waals surface area contributed by atoms with E-state index >= 15 is 0 Å². The van der Waals surface area contributed by atoms with E-state index in [1.54, 1.807) is 17.4 Å². The van der Waals surface area contributed by atoms with Gasteiger partial charge in [-0.2, -0.15) is 5.26 Å². The van der Waals surface area contributed by atoms with Gasteiger partial charge in [0, 0.05) is 9.75 Å². The molecule has 0 aliphatic heterocycles. The Kier molecular flexibility index (Phi) is 5.44. The molecule has 0 saturated heterocycles. The first-order chi connectivity index (χ1) is 8.21. The molecule has 0 saturated carbocycles. The molecule has 1 rings (SSSR count). The lowest BCUT2D eigenvalue weighted by molar-refractivity contribution is -0.135. The summed E-state index contributed by atoms with van der Waals surface area (Å²) in [6.45, 7) is 2.15. The van der Waals surface area contributed by atoms with Gasteiger partial charge in [0.25, 0.3) is 0 Å². The highest BCUT2D eigenvalue weighted by atomic mass is 32.1. The Balaban J connectivity index is 2.79. The number of unbranched alkanes of at least 4 members (excludes halogenated alkanes) is 1. The molecule has 1 heterocycles. The number of carbonyl (C=O) groups excluding carboxylic acids is 1. The highest BCUT2D eigenvalue weighted by Crippen LogP contribution is 2.21. The first kappa shape index (κ1) is 13.5. The minimum atomic E-state index is -0.587. The Bertz CT molecular complexity index is 454. The Morgan fingerprint density at radius 2 is 2.35 bits per heavy atom. The molecule has 0 aliphatic rings. The van der Waals surface area contributed by atoms with Crippen LogP contribution < -0.4 is 0 Å². The van der Waals surface area contributed by atoms with Crippen LogP contribution in [0.2, 0.25) is 0 Å².